The van der Waals surface area contributed by atoms with Crippen LogP contribution in [-0.4, -0.2) is 57.1 Å². The zero-order chi connectivity index (χ0) is 14.0. The molecule has 0 atom stereocenters. The Morgan fingerprint density at radius 3 is 2.32 bits per heavy atom. The molecule has 0 radical (unpaired) electrons. The fourth-order valence-electron chi connectivity index (χ4n) is 2.30. The van der Waals surface area contributed by atoms with E-state index >= 15 is 0 Å². The lowest BCUT2D eigenvalue weighted by Gasteiger charge is -2.31. The van der Waals surface area contributed by atoms with Gasteiger partial charge in [0, 0.05) is 37.8 Å². The van der Waals surface area contributed by atoms with Gasteiger partial charge in [-0.15, -0.1) is 0 Å². The van der Waals surface area contributed by atoms with Crippen molar-refractivity contribution in [2.24, 2.45) is 0 Å². The van der Waals surface area contributed by atoms with Crippen LogP contribution in [0.1, 0.15) is 19.8 Å². The third kappa shape index (κ3) is 3.55. The van der Waals surface area contributed by atoms with Crippen LogP contribution >= 0.6 is 0 Å². The molecular formula is C12H21N3O3S. The number of carbonyl (C=O) groups is 1. The summed E-state index contributed by atoms with van der Waals surface area (Å²) in [5, 5.41) is 6.11. The number of hydrogen-bond donors (Lipinski definition) is 2. The van der Waals surface area contributed by atoms with E-state index in [2.05, 4.69) is 10.6 Å². The van der Waals surface area contributed by atoms with Gasteiger partial charge in [-0.3, -0.25) is 4.79 Å². The first-order valence-corrected chi connectivity index (χ1v) is 8.38. The maximum atomic E-state index is 12.0. The molecule has 2 N–H and O–H groups in total. The quantitative estimate of drug-likeness (QED) is 0.683. The molecule has 7 heteroatoms. The van der Waals surface area contributed by atoms with Crippen molar-refractivity contribution in [3.8, 4) is 0 Å². The molecule has 2 aliphatic rings. The van der Waals surface area contributed by atoms with E-state index in [0.29, 0.717) is 25.9 Å². The number of hydrogen-bond acceptors (Lipinski definition) is 4. The molecule has 108 valence electrons. The summed E-state index contributed by atoms with van der Waals surface area (Å²) in [6.45, 7) is 4.41. The van der Waals surface area contributed by atoms with Gasteiger partial charge in [0.1, 0.15) is 0 Å². The molecule has 0 aliphatic carbocycles. The minimum atomic E-state index is -3.10. The maximum absolute atomic E-state index is 12.0. The molecule has 0 spiro atoms. The van der Waals surface area contributed by atoms with Gasteiger partial charge in [0.2, 0.25) is 15.9 Å². The van der Waals surface area contributed by atoms with Crippen molar-refractivity contribution >= 4 is 15.9 Å². The van der Waals surface area contributed by atoms with Gasteiger partial charge >= 0.3 is 0 Å². The van der Waals surface area contributed by atoms with Crippen molar-refractivity contribution in [3.63, 3.8) is 0 Å². The Kier molecular flexibility index (Phi) is 4.27. The van der Waals surface area contributed by atoms with Crippen LogP contribution in [0.2, 0.25) is 0 Å². The first-order chi connectivity index (χ1) is 8.88. The molecule has 2 rings (SSSR count). The minimum Gasteiger partial charge on any atom is -0.349 e. The highest BCUT2D eigenvalue weighted by molar-refractivity contribution is 7.88. The number of piperidine rings is 1. The predicted molar refractivity (Wildman–Crippen MR) is 73.2 cm³/mol. The van der Waals surface area contributed by atoms with E-state index in [4.69, 9.17) is 0 Å². The van der Waals surface area contributed by atoms with Gasteiger partial charge < -0.3 is 10.6 Å². The number of amides is 1. The molecule has 6 nitrogen and oxygen atoms in total. The van der Waals surface area contributed by atoms with Crippen LogP contribution in [0.25, 0.3) is 0 Å². The summed E-state index contributed by atoms with van der Waals surface area (Å²) < 4.78 is 24.2. The van der Waals surface area contributed by atoms with Crippen molar-refractivity contribution in [3.05, 3.63) is 11.1 Å². The molecule has 19 heavy (non-hydrogen) atoms. The van der Waals surface area contributed by atoms with Crippen LogP contribution < -0.4 is 10.6 Å². The highest BCUT2D eigenvalue weighted by atomic mass is 32.2. The average Bonchev–Trinajstić information content (AvgIpc) is 2.26. The Morgan fingerprint density at radius 1 is 1.32 bits per heavy atom. The summed E-state index contributed by atoms with van der Waals surface area (Å²) in [6.07, 6.45) is 2.59. The molecule has 2 aliphatic heterocycles. The highest BCUT2D eigenvalue weighted by Crippen LogP contribution is 2.15. The largest absolute Gasteiger partial charge is 0.349 e. The highest BCUT2D eigenvalue weighted by Gasteiger charge is 2.26. The number of rotatable bonds is 3. The molecule has 1 amide bonds. The normalized spacial score (nSPS) is 21.9. The van der Waals surface area contributed by atoms with Gasteiger partial charge in [-0.1, -0.05) is 0 Å². The summed E-state index contributed by atoms with van der Waals surface area (Å²) in [5.41, 5.74) is 1.95. The lowest BCUT2D eigenvalue weighted by Crippen LogP contribution is -2.47. The lowest BCUT2D eigenvalue weighted by molar-refractivity contribution is -0.118. The second-order valence-electron chi connectivity index (χ2n) is 5.24. The summed E-state index contributed by atoms with van der Waals surface area (Å²) in [4.78, 5) is 12.0. The van der Waals surface area contributed by atoms with E-state index in [1.807, 2.05) is 6.92 Å². The van der Waals surface area contributed by atoms with E-state index in [1.165, 1.54) is 10.6 Å². The van der Waals surface area contributed by atoms with Gasteiger partial charge in [-0.05, 0) is 25.3 Å². The monoisotopic (exact) mass is 287 g/mol. The molecule has 0 aromatic rings. The standard InChI is InChI=1S/C12H21N3O3S/c1-9(10-7-13-8-10)12(16)14-11-3-5-15(6-4-11)19(2,17)18/h11,13H,3-8H2,1-2H3,(H,14,16). The molecule has 0 bridgehead atoms. The molecule has 0 aromatic carbocycles. The zero-order valence-electron chi connectivity index (χ0n) is 11.4. The van der Waals surface area contributed by atoms with Gasteiger partial charge in [-0.2, -0.15) is 0 Å². The fraction of sp³-hybridized carbons (Fsp3) is 0.750. The lowest BCUT2D eigenvalue weighted by atomic mass is 10.0. The molecule has 0 aromatic heterocycles. The van der Waals surface area contributed by atoms with E-state index in [-0.39, 0.29) is 11.9 Å². The summed E-state index contributed by atoms with van der Waals surface area (Å²) in [6, 6.07) is 0.0779. The van der Waals surface area contributed by atoms with Gasteiger partial charge in [0.15, 0.2) is 0 Å². The second kappa shape index (κ2) is 5.60. The van der Waals surface area contributed by atoms with Gasteiger partial charge in [0.05, 0.1) is 6.26 Å². The summed E-state index contributed by atoms with van der Waals surface area (Å²) in [7, 11) is -3.10. The molecule has 2 saturated heterocycles. The number of carbonyl (C=O) groups excluding carboxylic acids is 1. The minimum absolute atomic E-state index is 0.0192. The maximum Gasteiger partial charge on any atom is 0.247 e. The zero-order valence-corrected chi connectivity index (χ0v) is 12.2. The average molecular weight is 287 g/mol. The first-order valence-electron chi connectivity index (χ1n) is 6.53. The smallest absolute Gasteiger partial charge is 0.247 e. The summed E-state index contributed by atoms with van der Waals surface area (Å²) >= 11 is 0. The molecule has 0 unspecified atom stereocenters. The van der Waals surface area contributed by atoms with E-state index in [1.54, 1.807) is 0 Å². The van der Waals surface area contributed by atoms with Gasteiger partial charge in [-0.25, -0.2) is 12.7 Å². The van der Waals surface area contributed by atoms with E-state index in [9.17, 15) is 13.2 Å². The van der Waals surface area contributed by atoms with Crippen LogP contribution in [0.3, 0.4) is 0 Å². The third-order valence-electron chi connectivity index (χ3n) is 3.81. The van der Waals surface area contributed by atoms with Crippen molar-refractivity contribution in [2.45, 2.75) is 25.8 Å². The van der Waals surface area contributed by atoms with Crippen LogP contribution in [0.15, 0.2) is 11.1 Å². The van der Waals surface area contributed by atoms with Crippen LogP contribution in [0, 0.1) is 0 Å². The first kappa shape index (κ1) is 14.5. The molecule has 0 saturated carbocycles. The topological polar surface area (TPSA) is 78.5 Å². The third-order valence-corrected chi connectivity index (χ3v) is 5.11. The fourth-order valence-corrected chi connectivity index (χ4v) is 3.18. The van der Waals surface area contributed by atoms with Crippen LogP contribution in [0.4, 0.5) is 0 Å². The van der Waals surface area contributed by atoms with Crippen molar-refractivity contribution in [2.75, 3.05) is 32.4 Å². The Balaban J connectivity index is 1.84. The number of nitrogens with zero attached hydrogens (tertiary/aromatic N) is 1. The molecular weight excluding hydrogens is 266 g/mol. The van der Waals surface area contributed by atoms with Crippen LogP contribution in [-0.2, 0) is 14.8 Å². The van der Waals surface area contributed by atoms with Crippen molar-refractivity contribution < 1.29 is 13.2 Å². The SMILES string of the molecule is CC(C(=O)NC1CCN(S(C)(=O)=O)CC1)=C1CNC1. The predicted octanol–water partition coefficient (Wildman–Crippen LogP) is -0.554. The van der Waals surface area contributed by atoms with Gasteiger partial charge in [0.25, 0.3) is 0 Å². The Hall–Kier alpha value is -0.920. The Labute approximate surface area is 114 Å². The van der Waals surface area contributed by atoms with Crippen molar-refractivity contribution in [1.29, 1.82) is 0 Å². The van der Waals surface area contributed by atoms with E-state index in [0.717, 1.165) is 24.2 Å². The second-order valence-corrected chi connectivity index (χ2v) is 7.22. The molecule has 2 fully saturated rings. The van der Waals surface area contributed by atoms with Crippen LogP contribution in [0.5, 0.6) is 0 Å². The van der Waals surface area contributed by atoms with Crippen molar-refractivity contribution in [1.82, 2.24) is 14.9 Å². The molecule has 2 heterocycles. The Bertz CT molecular complexity index is 484. The number of nitrogens with one attached hydrogen (secondary N) is 2. The summed E-state index contributed by atoms with van der Waals surface area (Å²) in [5.74, 6) is -0.0192. The Morgan fingerprint density at radius 2 is 1.89 bits per heavy atom. The number of sulfonamides is 1. The van der Waals surface area contributed by atoms with E-state index < -0.39 is 10.0 Å².